The van der Waals surface area contributed by atoms with Crippen LogP contribution in [0.1, 0.15) is 12.8 Å². The Morgan fingerprint density at radius 2 is 1.94 bits per heavy atom. The van der Waals surface area contributed by atoms with Crippen molar-refractivity contribution in [3.8, 4) is 39.5 Å². The summed E-state index contributed by atoms with van der Waals surface area (Å²) in [5.74, 6) is 0.776. The molecule has 0 saturated carbocycles. The van der Waals surface area contributed by atoms with Gasteiger partial charge in [0.1, 0.15) is 18.1 Å². The van der Waals surface area contributed by atoms with Crippen molar-refractivity contribution in [2.24, 2.45) is 0 Å². The molecule has 7 heteroatoms. The van der Waals surface area contributed by atoms with Gasteiger partial charge in [-0.1, -0.05) is 12.1 Å². The van der Waals surface area contributed by atoms with Crippen molar-refractivity contribution in [3.63, 3.8) is 0 Å². The van der Waals surface area contributed by atoms with Crippen LogP contribution in [0.5, 0.6) is 5.75 Å². The Labute approximate surface area is 191 Å². The van der Waals surface area contributed by atoms with Gasteiger partial charge in [0.25, 0.3) is 0 Å². The minimum Gasteiger partial charge on any atom is -0.491 e. The number of H-pyrrole nitrogens is 2. The van der Waals surface area contributed by atoms with E-state index < -0.39 is 0 Å². The van der Waals surface area contributed by atoms with E-state index in [4.69, 9.17) is 9.15 Å². The molecule has 0 bridgehead atoms. The molecule has 33 heavy (non-hydrogen) atoms. The number of fused-ring (bicyclic) bond motifs is 1. The van der Waals surface area contributed by atoms with Crippen molar-refractivity contribution < 1.29 is 9.15 Å². The van der Waals surface area contributed by atoms with Crippen molar-refractivity contribution in [1.29, 1.82) is 0 Å². The number of nitrogens with one attached hydrogen (secondary N) is 2. The van der Waals surface area contributed by atoms with Gasteiger partial charge >= 0.3 is 0 Å². The van der Waals surface area contributed by atoms with E-state index in [1.54, 1.807) is 18.7 Å². The monoisotopic (exact) mass is 439 g/mol. The van der Waals surface area contributed by atoms with E-state index in [1.807, 2.05) is 30.5 Å². The summed E-state index contributed by atoms with van der Waals surface area (Å²) in [6, 6.07) is 14.4. The molecule has 6 rings (SSSR count). The lowest BCUT2D eigenvalue weighted by molar-refractivity contribution is 0.237. The van der Waals surface area contributed by atoms with Crippen molar-refractivity contribution in [2.45, 2.75) is 12.8 Å². The molecule has 5 aromatic rings. The Balaban J connectivity index is 1.22. The summed E-state index contributed by atoms with van der Waals surface area (Å²) in [7, 11) is 0. The highest BCUT2D eigenvalue weighted by Gasteiger charge is 2.14. The molecule has 2 N–H and O–H groups in total. The van der Waals surface area contributed by atoms with Gasteiger partial charge in [0.15, 0.2) is 0 Å². The minimum absolute atomic E-state index is 0.674. The average molecular weight is 440 g/mol. The van der Waals surface area contributed by atoms with Crippen LogP contribution in [0.3, 0.4) is 0 Å². The first-order valence-corrected chi connectivity index (χ1v) is 11.3. The minimum atomic E-state index is 0.674. The van der Waals surface area contributed by atoms with Gasteiger partial charge in [0.05, 0.1) is 30.1 Å². The van der Waals surface area contributed by atoms with Crippen LogP contribution >= 0.6 is 0 Å². The van der Waals surface area contributed by atoms with Gasteiger partial charge in [-0.2, -0.15) is 5.10 Å². The van der Waals surface area contributed by atoms with Crippen LogP contribution in [0, 0.1) is 0 Å². The molecule has 166 valence electrons. The quantitative estimate of drug-likeness (QED) is 0.357. The van der Waals surface area contributed by atoms with Gasteiger partial charge < -0.3 is 14.1 Å². The van der Waals surface area contributed by atoms with E-state index in [0.717, 1.165) is 57.0 Å². The zero-order chi connectivity index (χ0) is 22.0. The number of rotatable bonds is 7. The third-order valence-corrected chi connectivity index (χ3v) is 6.25. The van der Waals surface area contributed by atoms with E-state index in [2.05, 4.69) is 43.3 Å². The standard InChI is InChI=1S/C26H25N5O2/c1-2-8-31(7-1)9-11-33-20-12-19(15-27-16-20)24-14-26(30-29-24)25-13-22-21(18-6-10-32-17-18)4-3-5-23(22)28-25/h3-6,10,12-17,28H,1-2,7-9,11H2,(H,29,30). The molecule has 1 aliphatic heterocycles. The number of nitrogens with zero attached hydrogens (tertiary/aromatic N) is 3. The van der Waals surface area contributed by atoms with Gasteiger partial charge in [-0.05, 0) is 61.8 Å². The Morgan fingerprint density at radius 1 is 1.00 bits per heavy atom. The first kappa shape index (κ1) is 19.8. The summed E-state index contributed by atoms with van der Waals surface area (Å²) in [5, 5.41) is 8.82. The molecule has 0 aliphatic carbocycles. The van der Waals surface area contributed by atoms with E-state index in [0.29, 0.717) is 6.61 Å². The number of hydrogen-bond donors (Lipinski definition) is 2. The zero-order valence-electron chi connectivity index (χ0n) is 18.3. The highest BCUT2D eigenvalue weighted by Crippen LogP contribution is 2.33. The number of aromatic nitrogens is 4. The summed E-state index contributed by atoms with van der Waals surface area (Å²) < 4.78 is 11.2. The highest BCUT2D eigenvalue weighted by molar-refractivity contribution is 5.97. The van der Waals surface area contributed by atoms with Gasteiger partial charge in [0, 0.05) is 34.8 Å². The summed E-state index contributed by atoms with van der Waals surface area (Å²) in [6.07, 6.45) is 9.63. The fourth-order valence-electron chi connectivity index (χ4n) is 4.51. The lowest BCUT2D eigenvalue weighted by atomic mass is 10.0. The predicted molar refractivity (Wildman–Crippen MR) is 128 cm³/mol. The lowest BCUT2D eigenvalue weighted by Gasteiger charge is -2.14. The molecule has 0 amide bonds. The van der Waals surface area contributed by atoms with Crippen LogP contribution < -0.4 is 4.74 Å². The molecule has 7 nitrogen and oxygen atoms in total. The first-order valence-electron chi connectivity index (χ1n) is 11.3. The Kier molecular flexibility index (Phi) is 5.16. The van der Waals surface area contributed by atoms with Crippen LogP contribution in [0.4, 0.5) is 0 Å². The summed E-state index contributed by atoms with van der Waals surface area (Å²) in [5.41, 5.74) is 6.89. The summed E-state index contributed by atoms with van der Waals surface area (Å²) >= 11 is 0. The molecule has 4 aromatic heterocycles. The van der Waals surface area contributed by atoms with Crippen LogP contribution in [-0.2, 0) is 0 Å². The number of aromatic amines is 2. The molecule has 5 heterocycles. The molecular weight excluding hydrogens is 414 g/mol. The molecule has 1 saturated heterocycles. The first-order chi connectivity index (χ1) is 16.3. The number of benzene rings is 1. The zero-order valence-corrected chi connectivity index (χ0v) is 18.3. The van der Waals surface area contributed by atoms with Gasteiger partial charge in [-0.25, -0.2) is 0 Å². The third-order valence-electron chi connectivity index (χ3n) is 6.25. The second-order valence-corrected chi connectivity index (χ2v) is 8.44. The fourth-order valence-corrected chi connectivity index (χ4v) is 4.51. The molecule has 1 fully saturated rings. The molecule has 1 aliphatic rings. The van der Waals surface area contributed by atoms with Crippen LogP contribution in [0.2, 0.25) is 0 Å². The second-order valence-electron chi connectivity index (χ2n) is 8.44. The Morgan fingerprint density at radius 3 is 2.82 bits per heavy atom. The van der Waals surface area contributed by atoms with Crippen LogP contribution in [0.25, 0.3) is 44.7 Å². The Bertz CT molecular complexity index is 1360. The van der Waals surface area contributed by atoms with E-state index >= 15 is 0 Å². The maximum Gasteiger partial charge on any atom is 0.138 e. The largest absolute Gasteiger partial charge is 0.491 e. The predicted octanol–water partition coefficient (Wildman–Crippen LogP) is 5.35. The van der Waals surface area contributed by atoms with E-state index in [-0.39, 0.29) is 0 Å². The summed E-state index contributed by atoms with van der Waals surface area (Å²) in [6.45, 7) is 3.98. The number of furan rings is 1. The number of ether oxygens (including phenoxy) is 1. The number of pyridine rings is 1. The topological polar surface area (TPSA) is 83.0 Å². The highest BCUT2D eigenvalue weighted by atomic mass is 16.5. The van der Waals surface area contributed by atoms with Gasteiger partial charge in [0.2, 0.25) is 0 Å². The maximum absolute atomic E-state index is 5.96. The number of likely N-dealkylation sites (tertiary alicyclic amines) is 1. The molecule has 0 radical (unpaired) electrons. The van der Waals surface area contributed by atoms with Crippen LogP contribution in [0.15, 0.2) is 71.8 Å². The molecule has 0 spiro atoms. The number of hydrogen-bond acceptors (Lipinski definition) is 5. The van der Waals surface area contributed by atoms with Crippen molar-refractivity contribution in [3.05, 3.63) is 67.4 Å². The SMILES string of the molecule is c1cc(-c2ccoc2)c2cc(-c3cc(-c4cncc(OCCN5CCCC5)c4)[nH]n3)[nH]c2c1. The van der Waals surface area contributed by atoms with Crippen molar-refractivity contribution in [2.75, 3.05) is 26.2 Å². The maximum atomic E-state index is 5.96. The van der Waals surface area contributed by atoms with Gasteiger partial charge in [-0.15, -0.1) is 0 Å². The molecule has 1 aromatic carbocycles. The molecular formula is C26H25N5O2. The average Bonchev–Trinajstić information content (AvgIpc) is 3.65. The van der Waals surface area contributed by atoms with E-state index in [9.17, 15) is 0 Å². The fraction of sp³-hybridized carbons (Fsp3) is 0.231. The van der Waals surface area contributed by atoms with Crippen molar-refractivity contribution >= 4 is 10.9 Å². The normalized spacial score (nSPS) is 14.3. The Hall–Kier alpha value is -3.84. The smallest absolute Gasteiger partial charge is 0.138 e. The van der Waals surface area contributed by atoms with Crippen LogP contribution in [-0.4, -0.2) is 51.3 Å². The lowest BCUT2D eigenvalue weighted by Crippen LogP contribution is -2.25. The van der Waals surface area contributed by atoms with Crippen molar-refractivity contribution in [1.82, 2.24) is 25.1 Å². The van der Waals surface area contributed by atoms with E-state index in [1.165, 1.54) is 25.9 Å². The molecule has 0 atom stereocenters. The molecule has 0 unspecified atom stereocenters. The summed E-state index contributed by atoms with van der Waals surface area (Å²) in [4.78, 5) is 10.3. The third kappa shape index (κ3) is 4.03. The second kappa shape index (κ2) is 8.60. The van der Waals surface area contributed by atoms with Gasteiger partial charge in [-0.3, -0.25) is 15.0 Å².